The molecule has 2 aliphatic rings. The summed E-state index contributed by atoms with van der Waals surface area (Å²) in [4.78, 5) is 32.1. The molecule has 1 fully saturated rings. The van der Waals surface area contributed by atoms with Crippen LogP contribution in [-0.2, 0) is 14.3 Å². The number of guanidine groups is 1. The SMILES string of the molecule is CCOC(=O)[C@H]1C(=O)NC(N2CCCCC2)=N[C@@H]1c1ccc(O)c(OCC)c1. The van der Waals surface area contributed by atoms with Gasteiger partial charge < -0.3 is 19.5 Å². The van der Waals surface area contributed by atoms with Gasteiger partial charge in [0.15, 0.2) is 17.4 Å². The fraction of sp³-hybridized carbons (Fsp3) is 0.550. The Morgan fingerprint density at radius 1 is 1.25 bits per heavy atom. The number of carbonyl (C=O) groups is 2. The van der Waals surface area contributed by atoms with E-state index in [0.29, 0.717) is 23.9 Å². The fourth-order valence-electron chi connectivity index (χ4n) is 3.56. The van der Waals surface area contributed by atoms with Gasteiger partial charge in [-0.1, -0.05) is 6.07 Å². The van der Waals surface area contributed by atoms with Crippen LogP contribution in [0.4, 0.5) is 0 Å². The maximum absolute atomic E-state index is 12.8. The Balaban J connectivity index is 2.00. The average Bonchev–Trinajstić information content (AvgIpc) is 2.70. The van der Waals surface area contributed by atoms with E-state index >= 15 is 0 Å². The second-order valence-corrected chi connectivity index (χ2v) is 6.82. The summed E-state index contributed by atoms with van der Waals surface area (Å²) >= 11 is 0. The van der Waals surface area contributed by atoms with Gasteiger partial charge >= 0.3 is 5.97 Å². The van der Waals surface area contributed by atoms with Gasteiger partial charge in [-0.05, 0) is 50.8 Å². The number of esters is 1. The lowest BCUT2D eigenvalue weighted by Gasteiger charge is -2.35. The zero-order valence-electron chi connectivity index (χ0n) is 16.3. The molecular formula is C20H27N3O5. The minimum atomic E-state index is -1.09. The summed E-state index contributed by atoms with van der Waals surface area (Å²) in [5.41, 5.74) is 0.615. The predicted molar refractivity (Wildman–Crippen MR) is 103 cm³/mol. The van der Waals surface area contributed by atoms with Crippen molar-refractivity contribution in [3.63, 3.8) is 0 Å². The predicted octanol–water partition coefficient (Wildman–Crippen LogP) is 1.98. The first-order valence-electron chi connectivity index (χ1n) is 9.81. The van der Waals surface area contributed by atoms with Crippen molar-refractivity contribution < 1.29 is 24.2 Å². The number of piperidine rings is 1. The maximum Gasteiger partial charge on any atom is 0.321 e. The fourth-order valence-corrected chi connectivity index (χ4v) is 3.56. The Hall–Kier alpha value is -2.77. The Morgan fingerprint density at radius 2 is 2.00 bits per heavy atom. The van der Waals surface area contributed by atoms with E-state index in [1.165, 1.54) is 6.07 Å². The minimum Gasteiger partial charge on any atom is -0.504 e. The molecule has 1 aromatic rings. The molecule has 28 heavy (non-hydrogen) atoms. The quantitative estimate of drug-likeness (QED) is 0.590. The van der Waals surface area contributed by atoms with E-state index in [4.69, 9.17) is 14.5 Å². The molecule has 3 rings (SSSR count). The van der Waals surface area contributed by atoms with Crippen LogP contribution in [0.15, 0.2) is 23.2 Å². The number of aromatic hydroxyl groups is 1. The first-order valence-corrected chi connectivity index (χ1v) is 9.81. The molecule has 0 saturated carbocycles. The van der Waals surface area contributed by atoms with Crippen molar-refractivity contribution >= 4 is 17.8 Å². The number of hydrogen-bond donors (Lipinski definition) is 2. The number of benzene rings is 1. The van der Waals surface area contributed by atoms with Crippen LogP contribution in [0.3, 0.4) is 0 Å². The normalized spacial score (nSPS) is 22.3. The minimum absolute atomic E-state index is 0.00113. The lowest BCUT2D eigenvalue weighted by atomic mass is 9.91. The second kappa shape index (κ2) is 8.95. The van der Waals surface area contributed by atoms with E-state index in [1.807, 2.05) is 11.8 Å². The highest BCUT2D eigenvalue weighted by Gasteiger charge is 2.42. The third-order valence-corrected chi connectivity index (χ3v) is 4.92. The van der Waals surface area contributed by atoms with Crippen molar-refractivity contribution in [2.45, 2.75) is 39.2 Å². The van der Waals surface area contributed by atoms with E-state index in [2.05, 4.69) is 5.32 Å². The van der Waals surface area contributed by atoms with Crippen LogP contribution in [0.25, 0.3) is 0 Å². The van der Waals surface area contributed by atoms with Crippen LogP contribution >= 0.6 is 0 Å². The van der Waals surface area contributed by atoms with Crippen molar-refractivity contribution in [2.24, 2.45) is 10.9 Å². The standard InChI is InChI=1S/C20H27N3O5/c1-3-27-15-12-13(8-9-14(15)24)17-16(19(26)28-4-2)18(25)22-20(21-17)23-10-6-5-7-11-23/h8-9,12,16-17,24H,3-7,10-11H2,1-2H3,(H,21,22,25)/t16-,17-/m1/s1. The van der Waals surface area contributed by atoms with Crippen molar-refractivity contribution in [1.29, 1.82) is 0 Å². The molecule has 0 spiro atoms. The van der Waals surface area contributed by atoms with Crippen LogP contribution < -0.4 is 10.1 Å². The zero-order valence-corrected chi connectivity index (χ0v) is 16.3. The highest BCUT2D eigenvalue weighted by molar-refractivity contribution is 6.08. The number of ether oxygens (including phenoxy) is 2. The molecule has 1 amide bonds. The summed E-state index contributed by atoms with van der Waals surface area (Å²) in [5, 5.41) is 12.8. The number of amides is 1. The third-order valence-electron chi connectivity index (χ3n) is 4.92. The lowest BCUT2D eigenvalue weighted by molar-refractivity contribution is -0.153. The first-order chi connectivity index (χ1) is 13.5. The van der Waals surface area contributed by atoms with E-state index in [9.17, 15) is 14.7 Å². The highest BCUT2D eigenvalue weighted by Crippen LogP contribution is 2.36. The van der Waals surface area contributed by atoms with Crippen molar-refractivity contribution in [3.05, 3.63) is 23.8 Å². The first kappa shape index (κ1) is 20.0. The molecule has 0 radical (unpaired) electrons. The zero-order chi connectivity index (χ0) is 20.1. The molecular weight excluding hydrogens is 362 g/mol. The largest absolute Gasteiger partial charge is 0.504 e. The second-order valence-electron chi connectivity index (χ2n) is 6.82. The third kappa shape index (κ3) is 4.21. The van der Waals surface area contributed by atoms with Gasteiger partial charge in [0.1, 0.15) is 6.04 Å². The van der Waals surface area contributed by atoms with Crippen molar-refractivity contribution in [3.8, 4) is 11.5 Å². The lowest BCUT2D eigenvalue weighted by Crippen LogP contribution is -2.53. The molecule has 2 heterocycles. The van der Waals surface area contributed by atoms with E-state index in [1.54, 1.807) is 19.1 Å². The number of phenolic OH excluding ortho intramolecular Hbond substituents is 1. The Morgan fingerprint density at radius 3 is 2.68 bits per heavy atom. The summed E-state index contributed by atoms with van der Waals surface area (Å²) in [7, 11) is 0. The van der Waals surface area contributed by atoms with Crippen molar-refractivity contribution in [2.75, 3.05) is 26.3 Å². The molecule has 8 nitrogen and oxygen atoms in total. The Bertz CT molecular complexity index is 758. The number of nitrogens with zero attached hydrogens (tertiary/aromatic N) is 2. The smallest absolute Gasteiger partial charge is 0.321 e. The number of phenols is 1. The highest BCUT2D eigenvalue weighted by atomic mass is 16.5. The van der Waals surface area contributed by atoms with Crippen LogP contribution in [0.5, 0.6) is 11.5 Å². The number of hydrogen-bond acceptors (Lipinski definition) is 7. The van der Waals surface area contributed by atoms with E-state index < -0.39 is 23.8 Å². The summed E-state index contributed by atoms with van der Waals surface area (Å²) in [6.07, 6.45) is 3.23. The topological polar surface area (TPSA) is 100 Å². The molecule has 2 N–H and O–H groups in total. The molecule has 1 saturated heterocycles. The summed E-state index contributed by atoms with van der Waals surface area (Å²) in [6, 6.07) is 4.03. The molecule has 2 aliphatic heterocycles. The summed E-state index contributed by atoms with van der Waals surface area (Å²) < 4.78 is 10.6. The van der Waals surface area contributed by atoms with Gasteiger partial charge in [0, 0.05) is 13.1 Å². The van der Waals surface area contributed by atoms with Gasteiger partial charge in [-0.2, -0.15) is 0 Å². The molecule has 0 bridgehead atoms. The molecule has 0 aliphatic carbocycles. The summed E-state index contributed by atoms with van der Waals surface area (Å²) in [5.74, 6) is -1.35. The van der Waals surface area contributed by atoms with Gasteiger partial charge in [-0.3, -0.25) is 14.9 Å². The van der Waals surface area contributed by atoms with Gasteiger partial charge in [-0.25, -0.2) is 4.99 Å². The van der Waals surface area contributed by atoms with Crippen molar-refractivity contribution in [1.82, 2.24) is 10.2 Å². The monoisotopic (exact) mass is 389 g/mol. The molecule has 2 atom stereocenters. The number of aliphatic imine (C=N–C) groups is 1. The number of carbonyl (C=O) groups excluding carboxylic acids is 2. The van der Waals surface area contributed by atoms with Gasteiger partial charge in [0.25, 0.3) is 0 Å². The molecule has 0 aromatic heterocycles. The van der Waals surface area contributed by atoms with Gasteiger partial charge in [-0.15, -0.1) is 0 Å². The van der Waals surface area contributed by atoms with Crippen LogP contribution in [0, 0.1) is 5.92 Å². The van der Waals surface area contributed by atoms with E-state index in [0.717, 1.165) is 32.4 Å². The average molecular weight is 389 g/mol. The molecule has 8 heteroatoms. The molecule has 152 valence electrons. The number of nitrogens with one attached hydrogen (secondary N) is 1. The van der Waals surface area contributed by atoms with Crippen LogP contribution in [0.1, 0.15) is 44.7 Å². The van der Waals surface area contributed by atoms with Gasteiger partial charge in [0.05, 0.1) is 13.2 Å². The number of rotatable bonds is 5. The molecule has 0 unspecified atom stereocenters. The van der Waals surface area contributed by atoms with Crippen LogP contribution in [-0.4, -0.2) is 54.1 Å². The Labute approximate surface area is 164 Å². The summed E-state index contributed by atoms with van der Waals surface area (Å²) in [6.45, 7) is 5.70. The molecule has 1 aromatic carbocycles. The Kier molecular flexibility index (Phi) is 6.38. The maximum atomic E-state index is 12.8. The van der Waals surface area contributed by atoms with Gasteiger partial charge in [0.2, 0.25) is 11.9 Å². The van der Waals surface area contributed by atoms with E-state index in [-0.39, 0.29) is 12.4 Å². The van der Waals surface area contributed by atoms with Crippen LogP contribution in [0.2, 0.25) is 0 Å². The number of likely N-dealkylation sites (tertiary alicyclic amines) is 1.